The second-order valence-corrected chi connectivity index (χ2v) is 10.6. The Morgan fingerprint density at radius 3 is 2.72 bits per heavy atom. The highest BCUT2D eigenvalue weighted by molar-refractivity contribution is 8.00. The number of nitrogens with one attached hydrogen (secondary N) is 1. The number of benzene rings is 1. The van der Waals surface area contributed by atoms with E-state index in [4.69, 9.17) is 16.1 Å². The fraction of sp³-hybridized carbons (Fsp3) is 0.571. The molecule has 1 saturated heterocycles. The molecule has 1 aliphatic rings. The molecule has 1 aromatic heterocycles. The lowest BCUT2D eigenvalue weighted by Crippen LogP contribution is -2.40. The van der Waals surface area contributed by atoms with E-state index >= 15 is 0 Å². The summed E-state index contributed by atoms with van der Waals surface area (Å²) in [5.74, 6) is 2.29. The zero-order valence-electron chi connectivity index (χ0n) is 17.3. The summed E-state index contributed by atoms with van der Waals surface area (Å²) in [6, 6.07) is 7.46. The predicted octanol–water partition coefficient (Wildman–Crippen LogP) is 4.25. The van der Waals surface area contributed by atoms with E-state index in [0.717, 1.165) is 43.8 Å². The molecule has 6 nitrogen and oxygen atoms in total. The lowest BCUT2D eigenvalue weighted by Gasteiger charge is -2.30. The summed E-state index contributed by atoms with van der Waals surface area (Å²) in [5.41, 5.74) is 0.768. The summed E-state index contributed by atoms with van der Waals surface area (Å²) in [4.78, 5) is 19.1. The van der Waals surface area contributed by atoms with E-state index in [0.29, 0.717) is 23.3 Å². The van der Waals surface area contributed by atoms with Gasteiger partial charge in [0.2, 0.25) is 17.6 Å². The molecule has 2 aromatic rings. The van der Waals surface area contributed by atoms with Crippen molar-refractivity contribution in [3.05, 3.63) is 35.2 Å². The van der Waals surface area contributed by atoms with Gasteiger partial charge >= 0.3 is 0 Å². The average molecular weight is 437 g/mol. The number of rotatable bonds is 7. The Hall–Kier alpha value is -1.57. The Labute approximate surface area is 181 Å². The number of amides is 1. The lowest BCUT2D eigenvalue weighted by atomic mass is 9.96. The molecule has 1 aliphatic heterocycles. The molecule has 2 heterocycles. The van der Waals surface area contributed by atoms with Crippen LogP contribution >= 0.6 is 23.4 Å². The number of likely N-dealkylation sites (tertiary alicyclic amines) is 1. The third-order valence-electron chi connectivity index (χ3n) is 4.84. The minimum Gasteiger partial charge on any atom is -0.355 e. The van der Waals surface area contributed by atoms with Crippen molar-refractivity contribution in [2.45, 2.75) is 44.9 Å². The number of hydrogen-bond acceptors (Lipinski definition) is 6. The normalized spacial score (nSPS) is 16.1. The Balaban J connectivity index is 1.42. The first-order chi connectivity index (χ1) is 13.8. The summed E-state index contributed by atoms with van der Waals surface area (Å²) in [6.45, 7) is 9.58. The van der Waals surface area contributed by atoms with E-state index in [-0.39, 0.29) is 16.6 Å². The zero-order chi connectivity index (χ0) is 20.9. The summed E-state index contributed by atoms with van der Waals surface area (Å²) >= 11 is 8.07. The van der Waals surface area contributed by atoms with Gasteiger partial charge in [0.05, 0.1) is 11.6 Å². The number of thioether (sulfide) groups is 1. The highest BCUT2D eigenvalue weighted by Crippen LogP contribution is 2.26. The highest BCUT2D eigenvalue weighted by Gasteiger charge is 2.26. The molecule has 1 aromatic carbocycles. The number of carbonyl (C=O) groups excluding carboxylic acids is 1. The predicted molar refractivity (Wildman–Crippen MR) is 118 cm³/mol. The number of aromatic nitrogens is 2. The third-order valence-corrected chi connectivity index (χ3v) is 6.44. The molecule has 0 saturated carbocycles. The van der Waals surface area contributed by atoms with E-state index in [1.807, 2.05) is 36.0 Å². The first-order valence-corrected chi connectivity index (χ1v) is 11.4. The van der Waals surface area contributed by atoms with Crippen molar-refractivity contribution in [2.24, 2.45) is 5.92 Å². The topological polar surface area (TPSA) is 71.3 Å². The van der Waals surface area contributed by atoms with E-state index < -0.39 is 0 Å². The maximum Gasteiger partial charge on any atom is 0.241 e. The summed E-state index contributed by atoms with van der Waals surface area (Å²) < 4.78 is 5.63. The molecule has 0 atom stereocenters. The molecule has 3 rings (SSSR count). The Kier molecular flexibility index (Phi) is 7.60. The van der Waals surface area contributed by atoms with Crippen LogP contribution in [0.1, 0.15) is 39.5 Å². The van der Waals surface area contributed by atoms with Crippen LogP contribution < -0.4 is 5.32 Å². The molecular formula is C21H29ClN4O2S. The van der Waals surface area contributed by atoms with Crippen LogP contribution in [0.3, 0.4) is 0 Å². The van der Waals surface area contributed by atoms with Crippen molar-refractivity contribution in [1.82, 2.24) is 20.4 Å². The van der Waals surface area contributed by atoms with Crippen molar-refractivity contribution in [2.75, 3.05) is 25.4 Å². The highest BCUT2D eigenvalue weighted by atomic mass is 35.5. The van der Waals surface area contributed by atoms with Crippen LogP contribution in [0.4, 0.5) is 0 Å². The molecule has 0 radical (unpaired) electrons. The molecule has 8 heteroatoms. The molecule has 158 valence electrons. The van der Waals surface area contributed by atoms with Crippen molar-refractivity contribution in [3.8, 4) is 11.4 Å². The monoisotopic (exact) mass is 436 g/mol. The number of carbonyl (C=O) groups is 1. The zero-order valence-corrected chi connectivity index (χ0v) is 18.9. The van der Waals surface area contributed by atoms with Crippen LogP contribution in [0.25, 0.3) is 11.4 Å². The van der Waals surface area contributed by atoms with Crippen molar-refractivity contribution in [1.29, 1.82) is 0 Å². The molecule has 0 unspecified atom stereocenters. The van der Waals surface area contributed by atoms with Gasteiger partial charge in [-0.3, -0.25) is 9.69 Å². The Morgan fingerprint density at radius 2 is 2.03 bits per heavy atom. The van der Waals surface area contributed by atoms with Gasteiger partial charge in [0.25, 0.3) is 0 Å². The van der Waals surface area contributed by atoms with Crippen LogP contribution in [0.15, 0.2) is 28.8 Å². The second kappa shape index (κ2) is 9.96. The van der Waals surface area contributed by atoms with E-state index in [1.54, 1.807) is 0 Å². The average Bonchev–Trinajstić information content (AvgIpc) is 3.13. The summed E-state index contributed by atoms with van der Waals surface area (Å²) in [6.07, 6.45) is 1.70. The Morgan fingerprint density at radius 1 is 1.31 bits per heavy atom. The largest absolute Gasteiger partial charge is 0.355 e. The van der Waals surface area contributed by atoms with Gasteiger partial charge < -0.3 is 9.84 Å². The number of nitrogens with zero attached hydrogens (tertiary/aromatic N) is 3. The fourth-order valence-electron chi connectivity index (χ4n) is 3.29. The molecule has 0 bridgehead atoms. The molecule has 0 spiro atoms. The molecule has 1 amide bonds. The van der Waals surface area contributed by atoms with Gasteiger partial charge in [-0.2, -0.15) is 16.7 Å². The van der Waals surface area contributed by atoms with Crippen LogP contribution in [0.5, 0.6) is 0 Å². The number of hydrogen-bond donors (Lipinski definition) is 1. The van der Waals surface area contributed by atoms with Crippen LogP contribution in [0, 0.1) is 5.92 Å². The smallest absolute Gasteiger partial charge is 0.241 e. The molecule has 1 fully saturated rings. The summed E-state index contributed by atoms with van der Waals surface area (Å²) in [7, 11) is 0. The van der Waals surface area contributed by atoms with Gasteiger partial charge in [0.1, 0.15) is 0 Å². The van der Waals surface area contributed by atoms with Gasteiger partial charge in [-0.05, 0) is 38.1 Å². The first-order valence-electron chi connectivity index (χ1n) is 10.0. The van der Waals surface area contributed by atoms with Crippen molar-refractivity contribution < 1.29 is 9.32 Å². The van der Waals surface area contributed by atoms with Crippen LogP contribution in [-0.4, -0.2) is 51.1 Å². The maximum absolute atomic E-state index is 12.4. The molecule has 29 heavy (non-hydrogen) atoms. The standard InChI is InChI=1S/C21H29ClN4O2S/c1-21(2,3)29-13-10-23-20(27)15-8-11-26(12-9-15)14-18-24-19(25-28-18)16-6-4-5-7-17(16)22/h4-7,15H,8-14H2,1-3H3,(H,23,27). The molecule has 0 aliphatic carbocycles. The third kappa shape index (κ3) is 6.73. The quantitative estimate of drug-likeness (QED) is 0.654. The van der Waals surface area contributed by atoms with Gasteiger partial charge in [0.15, 0.2) is 0 Å². The van der Waals surface area contributed by atoms with E-state index in [2.05, 4.69) is 41.1 Å². The van der Waals surface area contributed by atoms with Gasteiger partial charge in [-0.25, -0.2) is 0 Å². The maximum atomic E-state index is 12.4. The number of piperidine rings is 1. The van der Waals surface area contributed by atoms with Crippen LogP contribution in [0.2, 0.25) is 5.02 Å². The van der Waals surface area contributed by atoms with Crippen LogP contribution in [-0.2, 0) is 11.3 Å². The fourth-order valence-corrected chi connectivity index (χ4v) is 4.33. The minimum absolute atomic E-state index is 0.0901. The second-order valence-electron chi connectivity index (χ2n) is 8.29. The first kappa shape index (κ1) is 22.1. The van der Waals surface area contributed by atoms with Gasteiger partial charge in [0, 0.05) is 28.5 Å². The molecule has 1 N–H and O–H groups in total. The number of halogens is 1. The van der Waals surface area contributed by atoms with Gasteiger partial charge in [-0.15, -0.1) is 0 Å². The molecular weight excluding hydrogens is 408 g/mol. The van der Waals surface area contributed by atoms with E-state index in [9.17, 15) is 4.79 Å². The van der Waals surface area contributed by atoms with Crippen molar-refractivity contribution in [3.63, 3.8) is 0 Å². The lowest BCUT2D eigenvalue weighted by molar-refractivity contribution is -0.126. The van der Waals surface area contributed by atoms with E-state index in [1.165, 1.54) is 0 Å². The van der Waals surface area contributed by atoms with Crippen molar-refractivity contribution >= 4 is 29.3 Å². The Bertz CT molecular complexity index is 813. The van der Waals surface area contributed by atoms with Gasteiger partial charge in [-0.1, -0.05) is 49.7 Å². The minimum atomic E-state index is 0.0901. The SMILES string of the molecule is CC(C)(C)SCCNC(=O)C1CCN(Cc2nc(-c3ccccc3Cl)no2)CC1. The summed E-state index contributed by atoms with van der Waals surface area (Å²) in [5, 5.41) is 7.74.